The van der Waals surface area contributed by atoms with Gasteiger partial charge in [-0.1, -0.05) is 0 Å². The molecule has 0 aliphatic rings. The molecule has 0 unspecified atom stereocenters. The Bertz CT molecular complexity index is 1150. The van der Waals surface area contributed by atoms with Gasteiger partial charge >= 0.3 is 184 Å². The zero-order valence-electron chi connectivity index (χ0n) is 16.9. The molecule has 4 aromatic rings. The van der Waals surface area contributed by atoms with E-state index in [0.717, 1.165) is 0 Å². The quantitative estimate of drug-likeness (QED) is 0.244. The zero-order chi connectivity index (χ0) is 22.6. The van der Waals surface area contributed by atoms with Crippen molar-refractivity contribution in [2.24, 2.45) is 0 Å². The number of rotatable bonds is 7. The van der Waals surface area contributed by atoms with E-state index in [9.17, 15) is 20.2 Å². The first-order valence-corrected chi connectivity index (χ1v) is 11.9. The second-order valence-corrected chi connectivity index (χ2v) is 11.4. The van der Waals surface area contributed by atoms with Gasteiger partial charge in [0.2, 0.25) is 0 Å². The number of nitrogens with zero attached hydrogens (tertiary/aromatic N) is 2. The van der Waals surface area contributed by atoms with E-state index in [1.165, 1.54) is 12.1 Å². The van der Waals surface area contributed by atoms with Crippen LogP contribution in [0.25, 0.3) is 0 Å². The number of benzene rings is 4. The van der Waals surface area contributed by atoms with Crippen molar-refractivity contribution in [2.75, 3.05) is 0 Å². The van der Waals surface area contributed by atoms with E-state index >= 15 is 0 Å². The molecule has 0 saturated carbocycles. The predicted octanol–water partition coefficient (Wildman–Crippen LogP) is 3.87. The van der Waals surface area contributed by atoms with Crippen molar-refractivity contribution in [3.05, 3.63) is 135 Å². The maximum atomic E-state index is 12.2. The predicted molar refractivity (Wildman–Crippen MR) is 126 cm³/mol. The van der Waals surface area contributed by atoms with Gasteiger partial charge in [-0.05, 0) is 0 Å². The Balaban J connectivity index is 2.27. The SMILES string of the molecule is O=[N+]([O-])OP(c1ccccc1)(c1ccccc1)(c1ccccc1)c1ccc([N+](=O)[O-])cc1. The van der Waals surface area contributed by atoms with Crippen LogP contribution in [0.15, 0.2) is 115 Å². The van der Waals surface area contributed by atoms with Gasteiger partial charge in [0, 0.05) is 0 Å². The van der Waals surface area contributed by atoms with Gasteiger partial charge in [-0.25, -0.2) is 0 Å². The Labute approximate surface area is 184 Å². The summed E-state index contributed by atoms with van der Waals surface area (Å²) in [4.78, 5) is 23.0. The number of non-ortho nitro benzene ring substituents is 1. The van der Waals surface area contributed by atoms with Crippen molar-refractivity contribution < 1.29 is 14.6 Å². The summed E-state index contributed by atoms with van der Waals surface area (Å²) in [6, 6.07) is 33.0. The maximum absolute atomic E-state index is 12.2. The molecule has 0 fully saturated rings. The van der Waals surface area contributed by atoms with Crippen LogP contribution in [-0.4, -0.2) is 10.0 Å². The van der Waals surface area contributed by atoms with E-state index in [0.29, 0.717) is 21.2 Å². The third-order valence-electron chi connectivity index (χ3n) is 5.53. The monoisotopic (exact) mass is 446 g/mol. The summed E-state index contributed by atoms with van der Waals surface area (Å²) in [5, 5.41) is 25.1. The van der Waals surface area contributed by atoms with E-state index in [2.05, 4.69) is 0 Å². The summed E-state index contributed by atoms with van der Waals surface area (Å²) < 4.78 is 5.95. The van der Waals surface area contributed by atoms with Crippen molar-refractivity contribution in [1.29, 1.82) is 0 Å². The first-order chi connectivity index (χ1) is 15.5. The van der Waals surface area contributed by atoms with Crippen LogP contribution in [0.2, 0.25) is 0 Å². The van der Waals surface area contributed by atoms with Crippen molar-refractivity contribution >= 4 is 33.7 Å². The Hall–Kier alpha value is -4.09. The Morgan fingerprint density at radius 1 is 0.531 bits per heavy atom. The molecule has 8 heteroatoms. The molecule has 4 aromatic carbocycles. The third kappa shape index (κ3) is 3.11. The van der Waals surface area contributed by atoms with E-state index < -0.39 is 16.8 Å². The third-order valence-corrected chi connectivity index (χ3v) is 11.1. The van der Waals surface area contributed by atoms with Crippen LogP contribution >= 0.6 is 6.83 Å². The van der Waals surface area contributed by atoms with Gasteiger partial charge in [-0.15, -0.1) is 0 Å². The van der Waals surface area contributed by atoms with Crippen LogP contribution in [0.1, 0.15) is 0 Å². The van der Waals surface area contributed by atoms with Crippen LogP contribution in [-0.2, 0) is 4.62 Å². The van der Waals surface area contributed by atoms with E-state index in [-0.39, 0.29) is 5.69 Å². The molecule has 0 aliphatic heterocycles. The topological polar surface area (TPSA) is 95.5 Å². The second-order valence-electron chi connectivity index (χ2n) is 7.12. The van der Waals surface area contributed by atoms with Gasteiger partial charge in [0.25, 0.3) is 0 Å². The summed E-state index contributed by atoms with van der Waals surface area (Å²) in [6.45, 7) is -4.42. The second kappa shape index (κ2) is 8.21. The molecule has 0 spiro atoms. The van der Waals surface area contributed by atoms with Gasteiger partial charge in [0.15, 0.2) is 0 Å². The normalized spacial score (nSPS) is 12.3. The first-order valence-electron chi connectivity index (χ1n) is 9.77. The van der Waals surface area contributed by atoms with E-state index in [4.69, 9.17) is 4.62 Å². The molecule has 0 radical (unpaired) electrons. The molecule has 4 rings (SSSR count). The van der Waals surface area contributed by atoms with Crippen LogP contribution in [0.4, 0.5) is 5.69 Å². The number of hydrogen-bond acceptors (Lipinski definition) is 5. The average molecular weight is 446 g/mol. The fourth-order valence-corrected chi connectivity index (χ4v) is 9.59. The van der Waals surface area contributed by atoms with Crippen LogP contribution in [0, 0.1) is 20.2 Å². The number of nitro benzene ring substituents is 1. The van der Waals surface area contributed by atoms with Crippen molar-refractivity contribution in [2.45, 2.75) is 0 Å². The summed E-state index contributed by atoms with van der Waals surface area (Å²) in [5.74, 6) is 0. The van der Waals surface area contributed by atoms with Crippen molar-refractivity contribution in [3.63, 3.8) is 0 Å². The van der Waals surface area contributed by atoms with Gasteiger partial charge in [-0.3, -0.25) is 0 Å². The molecule has 0 atom stereocenters. The zero-order valence-corrected chi connectivity index (χ0v) is 17.7. The molecule has 0 saturated heterocycles. The van der Waals surface area contributed by atoms with E-state index in [1.54, 1.807) is 48.5 Å². The van der Waals surface area contributed by atoms with Crippen LogP contribution in [0.5, 0.6) is 0 Å². The molecule has 0 aromatic heterocycles. The van der Waals surface area contributed by atoms with Crippen molar-refractivity contribution in [1.82, 2.24) is 0 Å². The summed E-state index contributed by atoms with van der Waals surface area (Å²) >= 11 is 0. The van der Waals surface area contributed by atoms with Crippen LogP contribution in [0.3, 0.4) is 0 Å². The van der Waals surface area contributed by atoms with Crippen molar-refractivity contribution in [3.8, 4) is 0 Å². The minimum absolute atomic E-state index is 0.111. The summed E-state index contributed by atoms with van der Waals surface area (Å²) in [7, 11) is 0. The summed E-state index contributed by atoms with van der Waals surface area (Å²) in [6.07, 6.45) is 0. The van der Waals surface area contributed by atoms with Gasteiger partial charge in [0.05, 0.1) is 0 Å². The molecular formula is C24H19N2O5P. The van der Waals surface area contributed by atoms with Crippen LogP contribution < -0.4 is 21.2 Å². The molecule has 160 valence electrons. The molecule has 7 nitrogen and oxygen atoms in total. The van der Waals surface area contributed by atoms with Gasteiger partial charge in [-0.2, -0.15) is 0 Å². The molecule has 0 aliphatic carbocycles. The summed E-state index contributed by atoms with van der Waals surface area (Å²) in [5.41, 5.74) is -0.111. The Kier molecular flexibility index (Phi) is 5.43. The molecular weight excluding hydrogens is 427 g/mol. The standard InChI is InChI=1S/C24H19N2O5P/c27-25(28)20-16-18-24(19-17-20)32(31-26(29)30,21-10-4-1-5-11-21,22-12-6-2-7-13-22)23-14-8-3-9-15-23/h1-19H. The number of nitro groups is 1. The molecule has 0 bridgehead atoms. The van der Waals surface area contributed by atoms with E-state index in [1.807, 2.05) is 54.6 Å². The molecule has 0 N–H and O–H groups in total. The fraction of sp³-hybridized carbons (Fsp3) is 0. The Morgan fingerprint density at radius 2 is 0.875 bits per heavy atom. The molecule has 0 heterocycles. The molecule has 0 amide bonds. The average Bonchev–Trinajstić information content (AvgIpc) is 2.84. The first kappa shape index (κ1) is 21.2. The Morgan fingerprint density at radius 3 is 1.19 bits per heavy atom. The van der Waals surface area contributed by atoms with Gasteiger partial charge < -0.3 is 0 Å². The minimum atomic E-state index is -4.42. The number of hydrogen-bond donors (Lipinski definition) is 0. The molecule has 32 heavy (non-hydrogen) atoms. The fourth-order valence-electron chi connectivity index (χ4n) is 4.21. The van der Waals surface area contributed by atoms with Gasteiger partial charge in [0.1, 0.15) is 0 Å².